The molecule has 1 heterocycles. The Morgan fingerprint density at radius 1 is 1.21 bits per heavy atom. The molecule has 0 aliphatic rings. The van der Waals surface area contributed by atoms with Crippen LogP contribution in [0, 0.1) is 0 Å². The smallest absolute Gasteiger partial charge is 0.145 e. The largest absolute Gasteiger partial charge is 0.385 e. The number of ether oxygens (including phenoxy) is 1. The Morgan fingerprint density at radius 3 is 2.68 bits per heavy atom. The number of anilines is 2. The zero-order chi connectivity index (χ0) is 13.9. The molecular weight excluding hydrogens is 242 g/mol. The van der Waals surface area contributed by atoms with E-state index in [-0.39, 0.29) is 0 Å². The highest BCUT2D eigenvalue weighted by molar-refractivity contribution is 5.46. The fourth-order valence-corrected chi connectivity index (χ4v) is 1.76. The van der Waals surface area contributed by atoms with E-state index in [0.717, 1.165) is 56.9 Å². The van der Waals surface area contributed by atoms with Gasteiger partial charge in [-0.25, -0.2) is 15.8 Å². The summed E-state index contributed by atoms with van der Waals surface area (Å²) >= 11 is 0. The van der Waals surface area contributed by atoms with Crippen LogP contribution in [0.1, 0.15) is 38.4 Å². The summed E-state index contributed by atoms with van der Waals surface area (Å²) in [6.45, 7) is 3.83. The monoisotopic (exact) mass is 267 g/mol. The number of nitrogens with zero attached hydrogens (tertiary/aromatic N) is 2. The molecule has 1 aromatic rings. The summed E-state index contributed by atoms with van der Waals surface area (Å²) in [5.74, 6) is 7.72. The Balaban J connectivity index is 2.41. The fraction of sp³-hybridized carbons (Fsp3) is 0.692. The molecule has 0 aromatic carbocycles. The van der Waals surface area contributed by atoms with Gasteiger partial charge in [-0.2, -0.15) is 0 Å². The summed E-state index contributed by atoms with van der Waals surface area (Å²) in [5.41, 5.74) is 2.58. The van der Waals surface area contributed by atoms with Crippen LogP contribution in [0.15, 0.2) is 6.07 Å². The molecule has 0 spiro atoms. The van der Waals surface area contributed by atoms with Gasteiger partial charge in [0.25, 0.3) is 0 Å². The molecule has 4 N–H and O–H groups in total. The van der Waals surface area contributed by atoms with E-state index in [2.05, 4.69) is 27.6 Å². The summed E-state index contributed by atoms with van der Waals surface area (Å²) in [6.07, 6.45) is 5.22. The van der Waals surface area contributed by atoms with Crippen molar-refractivity contribution in [2.24, 2.45) is 5.84 Å². The van der Waals surface area contributed by atoms with Gasteiger partial charge in [0.05, 0.1) is 0 Å². The van der Waals surface area contributed by atoms with Crippen molar-refractivity contribution in [1.29, 1.82) is 0 Å². The molecule has 0 amide bonds. The molecule has 108 valence electrons. The molecule has 0 bridgehead atoms. The van der Waals surface area contributed by atoms with Crippen LogP contribution in [0.5, 0.6) is 0 Å². The van der Waals surface area contributed by atoms with E-state index in [9.17, 15) is 0 Å². The zero-order valence-corrected chi connectivity index (χ0v) is 11.9. The van der Waals surface area contributed by atoms with Gasteiger partial charge in [-0.15, -0.1) is 0 Å². The van der Waals surface area contributed by atoms with Gasteiger partial charge in [-0.05, 0) is 25.7 Å². The second-order valence-corrected chi connectivity index (χ2v) is 4.43. The van der Waals surface area contributed by atoms with Crippen molar-refractivity contribution < 1.29 is 4.74 Å². The molecule has 0 unspecified atom stereocenters. The van der Waals surface area contributed by atoms with E-state index in [0.29, 0.717) is 5.82 Å². The quantitative estimate of drug-likeness (QED) is 0.341. The van der Waals surface area contributed by atoms with Gasteiger partial charge in [0.15, 0.2) is 0 Å². The highest BCUT2D eigenvalue weighted by Crippen LogP contribution is 2.11. The molecule has 0 radical (unpaired) electrons. The molecule has 1 aromatic heterocycles. The third-order valence-corrected chi connectivity index (χ3v) is 2.73. The summed E-state index contributed by atoms with van der Waals surface area (Å²) < 4.78 is 5.02. The normalized spacial score (nSPS) is 10.5. The lowest BCUT2D eigenvalue weighted by Gasteiger charge is -2.09. The number of nitrogens with two attached hydrogens (primary N) is 1. The van der Waals surface area contributed by atoms with Crippen LogP contribution in [0.3, 0.4) is 0 Å². The van der Waals surface area contributed by atoms with Crippen LogP contribution in [-0.4, -0.2) is 30.2 Å². The number of unbranched alkanes of at least 4 members (excludes halogenated alkanes) is 2. The van der Waals surface area contributed by atoms with E-state index < -0.39 is 0 Å². The number of hydrogen-bond donors (Lipinski definition) is 3. The van der Waals surface area contributed by atoms with E-state index >= 15 is 0 Å². The average Bonchev–Trinajstić information content (AvgIpc) is 2.43. The highest BCUT2D eigenvalue weighted by atomic mass is 16.5. The second kappa shape index (κ2) is 9.52. The van der Waals surface area contributed by atoms with Crippen LogP contribution < -0.4 is 16.6 Å². The zero-order valence-electron chi connectivity index (χ0n) is 11.9. The summed E-state index contributed by atoms with van der Waals surface area (Å²) in [6, 6.07) is 1.83. The lowest BCUT2D eigenvalue weighted by atomic mass is 10.2. The number of nitrogen functional groups attached to an aromatic ring is 1. The number of hydrazine groups is 1. The van der Waals surface area contributed by atoms with Crippen molar-refractivity contribution in [3.63, 3.8) is 0 Å². The lowest BCUT2D eigenvalue weighted by Crippen LogP contribution is -2.12. The van der Waals surface area contributed by atoms with Crippen LogP contribution >= 0.6 is 0 Å². The third kappa shape index (κ3) is 6.35. The minimum Gasteiger partial charge on any atom is -0.385 e. The molecule has 0 aliphatic carbocycles. The first-order valence-electron chi connectivity index (χ1n) is 6.87. The standard InChI is InChI=1S/C13H25N5O/c1-3-7-11-16-12(10-13(17-11)18-14)15-8-5-4-6-9-19-2/h10H,3-9,14H2,1-2H3,(H2,15,16,17,18). The topological polar surface area (TPSA) is 85.1 Å². The van der Waals surface area contributed by atoms with Crippen molar-refractivity contribution in [3.8, 4) is 0 Å². The number of hydrogen-bond acceptors (Lipinski definition) is 6. The molecular formula is C13H25N5O. The predicted molar refractivity (Wildman–Crippen MR) is 78.1 cm³/mol. The minimum absolute atomic E-state index is 0.653. The van der Waals surface area contributed by atoms with Crippen LogP contribution in [-0.2, 0) is 11.2 Å². The molecule has 1 rings (SSSR count). The van der Waals surface area contributed by atoms with Crippen molar-refractivity contribution in [2.75, 3.05) is 31.0 Å². The lowest BCUT2D eigenvalue weighted by molar-refractivity contribution is 0.192. The minimum atomic E-state index is 0.653. The first kappa shape index (κ1) is 15.7. The Labute approximate surface area is 115 Å². The maximum atomic E-state index is 5.41. The summed E-state index contributed by atoms with van der Waals surface area (Å²) in [5, 5.41) is 3.31. The van der Waals surface area contributed by atoms with Crippen molar-refractivity contribution in [3.05, 3.63) is 11.9 Å². The molecule has 19 heavy (non-hydrogen) atoms. The van der Waals surface area contributed by atoms with E-state index in [4.69, 9.17) is 10.6 Å². The van der Waals surface area contributed by atoms with Gasteiger partial charge in [0, 0.05) is 32.7 Å². The molecule has 0 fully saturated rings. The Kier molecular flexibility index (Phi) is 7.84. The predicted octanol–water partition coefficient (Wildman–Crippen LogP) is 1.94. The highest BCUT2D eigenvalue weighted by Gasteiger charge is 2.03. The molecule has 0 saturated carbocycles. The number of aryl methyl sites for hydroxylation is 1. The number of rotatable bonds is 10. The van der Waals surface area contributed by atoms with Gasteiger partial charge >= 0.3 is 0 Å². The summed E-state index contributed by atoms with van der Waals surface area (Å²) in [4.78, 5) is 8.77. The maximum absolute atomic E-state index is 5.41. The number of methoxy groups -OCH3 is 1. The van der Waals surface area contributed by atoms with Crippen LogP contribution in [0.4, 0.5) is 11.6 Å². The molecule has 6 nitrogen and oxygen atoms in total. The number of aromatic nitrogens is 2. The molecule has 0 saturated heterocycles. The van der Waals surface area contributed by atoms with Gasteiger partial charge in [-0.3, -0.25) is 0 Å². The fourth-order valence-electron chi connectivity index (χ4n) is 1.76. The van der Waals surface area contributed by atoms with Crippen molar-refractivity contribution in [2.45, 2.75) is 39.0 Å². The van der Waals surface area contributed by atoms with Gasteiger partial charge < -0.3 is 15.5 Å². The SMILES string of the molecule is CCCc1nc(NN)cc(NCCCCCOC)n1. The van der Waals surface area contributed by atoms with E-state index in [1.165, 1.54) is 0 Å². The Hall–Kier alpha value is -1.40. The van der Waals surface area contributed by atoms with E-state index in [1.807, 2.05) is 6.07 Å². The van der Waals surface area contributed by atoms with Gasteiger partial charge in [0.1, 0.15) is 17.5 Å². The molecule has 6 heteroatoms. The molecule has 0 atom stereocenters. The first-order valence-corrected chi connectivity index (χ1v) is 6.87. The number of nitrogens with one attached hydrogen (secondary N) is 2. The van der Waals surface area contributed by atoms with E-state index in [1.54, 1.807) is 7.11 Å². The van der Waals surface area contributed by atoms with Gasteiger partial charge in [-0.1, -0.05) is 6.92 Å². The average molecular weight is 267 g/mol. The molecule has 0 aliphatic heterocycles. The van der Waals surface area contributed by atoms with Crippen LogP contribution in [0.25, 0.3) is 0 Å². The van der Waals surface area contributed by atoms with Crippen LogP contribution in [0.2, 0.25) is 0 Å². The summed E-state index contributed by atoms with van der Waals surface area (Å²) in [7, 11) is 1.73. The van der Waals surface area contributed by atoms with Crippen molar-refractivity contribution >= 4 is 11.6 Å². The van der Waals surface area contributed by atoms with Crippen molar-refractivity contribution in [1.82, 2.24) is 9.97 Å². The van der Waals surface area contributed by atoms with Gasteiger partial charge in [0.2, 0.25) is 0 Å². The Morgan fingerprint density at radius 2 is 2.00 bits per heavy atom. The third-order valence-electron chi connectivity index (χ3n) is 2.73. The maximum Gasteiger partial charge on any atom is 0.145 e. The Bertz CT molecular complexity index is 359. The second-order valence-electron chi connectivity index (χ2n) is 4.43. The first-order chi connectivity index (χ1) is 9.30.